The molecule has 1 atom stereocenters. The summed E-state index contributed by atoms with van der Waals surface area (Å²) in [4.78, 5) is 23.3. The predicted octanol–water partition coefficient (Wildman–Crippen LogP) is -1.53. The van der Waals surface area contributed by atoms with Crippen LogP contribution in [0.2, 0.25) is 0 Å². The summed E-state index contributed by atoms with van der Waals surface area (Å²) in [5.74, 6) is -1.60. The van der Waals surface area contributed by atoms with Crippen LogP contribution in [-0.2, 0) is 9.59 Å². The minimum absolute atomic E-state index is 0.0821. The standard InChI is InChI=1S/C8H13N3O3/c1-6(12)5-11(2)8(14)7(13)10-4-3-9/h6,12H,4-5H2,1-2H3,(H,10,13). The van der Waals surface area contributed by atoms with E-state index in [2.05, 4.69) is 5.32 Å². The highest BCUT2D eigenvalue weighted by Crippen LogP contribution is 1.89. The number of nitrogens with zero attached hydrogens (tertiary/aromatic N) is 2. The van der Waals surface area contributed by atoms with Crippen molar-refractivity contribution < 1.29 is 14.7 Å². The van der Waals surface area contributed by atoms with Crippen LogP contribution in [0.3, 0.4) is 0 Å². The zero-order chi connectivity index (χ0) is 11.1. The van der Waals surface area contributed by atoms with Gasteiger partial charge >= 0.3 is 11.8 Å². The fraction of sp³-hybridized carbons (Fsp3) is 0.625. The first-order chi connectivity index (χ1) is 6.49. The number of aliphatic hydroxyl groups is 1. The Morgan fingerprint density at radius 3 is 2.64 bits per heavy atom. The van der Waals surface area contributed by atoms with E-state index in [1.54, 1.807) is 6.07 Å². The Hall–Kier alpha value is -1.61. The lowest BCUT2D eigenvalue weighted by Gasteiger charge is -2.17. The fourth-order valence-corrected chi connectivity index (χ4v) is 0.848. The van der Waals surface area contributed by atoms with Gasteiger partial charge in [-0.25, -0.2) is 0 Å². The van der Waals surface area contributed by atoms with Gasteiger partial charge in [0, 0.05) is 13.6 Å². The maximum atomic E-state index is 11.2. The number of carbonyl (C=O) groups is 2. The molecule has 0 radical (unpaired) electrons. The monoisotopic (exact) mass is 199 g/mol. The highest BCUT2D eigenvalue weighted by Gasteiger charge is 2.18. The molecule has 0 aromatic rings. The molecular weight excluding hydrogens is 186 g/mol. The molecule has 2 amide bonds. The first-order valence-corrected chi connectivity index (χ1v) is 4.07. The van der Waals surface area contributed by atoms with Gasteiger partial charge in [-0.1, -0.05) is 0 Å². The van der Waals surface area contributed by atoms with E-state index in [0.29, 0.717) is 0 Å². The Labute approximate surface area is 82.1 Å². The van der Waals surface area contributed by atoms with E-state index in [1.807, 2.05) is 0 Å². The van der Waals surface area contributed by atoms with Gasteiger partial charge in [0.2, 0.25) is 0 Å². The molecule has 0 rings (SSSR count). The molecule has 0 saturated heterocycles. The number of likely N-dealkylation sites (N-methyl/N-ethyl adjacent to an activating group) is 1. The second-order valence-corrected chi connectivity index (χ2v) is 2.88. The fourth-order valence-electron chi connectivity index (χ4n) is 0.848. The predicted molar refractivity (Wildman–Crippen MR) is 47.9 cm³/mol. The first kappa shape index (κ1) is 12.4. The summed E-state index contributed by atoms with van der Waals surface area (Å²) in [6, 6.07) is 1.68. The average molecular weight is 199 g/mol. The second kappa shape index (κ2) is 5.94. The lowest BCUT2D eigenvalue weighted by molar-refractivity contribution is -0.145. The molecule has 0 aliphatic carbocycles. The van der Waals surface area contributed by atoms with Crippen molar-refractivity contribution >= 4 is 11.8 Å². The summed E-state index contributed by atoms with van der Waals surface area (Å²) in [6.45, 7) is 1.39. The summed E-state index contributed by atoms with van der Waals surface area (Å²) in [6.07, 6.45) is -0.687. The molecule has 0 spiro atoms. The van der Waals surface area contributed by atoms with Crippen molar-refractivity contribution in [3.05, 3.63) is 0 Å². The van der Waals surface area contributed by atoms with Gasteiger partial charge in [0.1, 0.15) is 6.54 Å². The van der Waals surface area contributed by atoms with Crippen LogP contribution in [0.5, 0.6) is 0 Å². The van der Waals surface area contributed by atoms with E-state index in [9.17, 15) is 9.59 Å². The van der Waals surface area contributed by atoms with Crippen molar-refractivity contribution in [1.82, 2.24) is 10.2 Å². The molecule has 6 heteroatoms. The van der Waals surface area contributed by atoms with E-state index in [0.717, 1.165) is 4.90 Å². The van der Waals surface area contributed by atoms with Crippen LogP contribution in [0.15, 0.2) is 0 Å². The normalized spacial score (nSPS) is 11.3. The molecule has 0 fully saturated rings. The molecule has 2 N–H and O–H groups in total. The van der Waals surface area contributed by atoms with Crippen molar-refractivity contribution in [2.24, 2.45) is 0 Å². The smallest absolute Gasteiger partial charge is 0.311 e. The second-order valence-electron chi connectivity index (χ2n) is 2.88. The molecule has 0 bridgehead atoms. The maximum Gasteiger partial charge on any atom is 0.311 e. The third kappa shape index (κ3) is 4.42. The van der Waals surface area contributed by atoms with Crippen LogP contribution in [0.1, 0.15) is 6.92 Å². The Kier molecular flexibility index (Phi) is 5.26. The molecule has 6 nitrogen and oxygen atoms in total. The molecule has 0 heterocycles. The molecule has 0 aliphatic heterocycles. The van der Waals surface area contributed by atoms with Crippen molar-refractivity contribution in [3.63, 3.8) is 0 Å². The van der Waals surface area contributed by atoms with Crippen LogP contribution in [0.4, 0.5) is 0 Å². The summed E-state index contributed by atoms with van der Waals surface area (Å²) < 4.78 is 0. The zero-order valence-electron chi connectivity index (χ0n) is 8.15. The van der Waals surface area contributed by atoms with E-state index in [4.69, 9.17) is 10.4 Å². The maximum absolute atomic E-state index is 11.2. The summed E-state index contributed by atoms with van der Waals surface area (Å²) >= 11 is 0. The molecule has 0 aromatic carbocycles. The summed E-state index contributed by atoms with van der Waals surface area (Å²) in [5, 5.41) is 19.2. The topological polar surface area (TPSA) is 93.4 Å². The minimum Gasteiger partial charge on any atom is -0.392 e. The number of rotatable bonds is 3. The van der Waals surface area contributed by atoms with Crippen molar-refractivity contribution in [3.8, 4) is 6.07 Å². The van der Waals surface area contributed by atoms with E-state index in [1.165, 1.54) is 14.0 Å². The van der Waals surface area contributed by atoms with Crippen LogP contribution >= 0.6 is 0 Å². The largest absolute Gasteiger partial charge is 0.392 e. The number of amides is 2. The molecule has 0 aliphatic rings. The van der Waals surface area contributed by atoms with Crippen LogP contribution < -0.4 is 5.32 Å². The Morgan fingerprint density at radius 2 is 2.21 bits per heavy atom. The van der Waals surface area contributed by atoms with Crippen molar-refractivity contribution in [2.75, 3.05) is 20.1 Å². The first-order valence-electron chi connectivity index (χ1n) is 4.07. The molecule has 14 heavy (non-hydrogen) atoms. The summed E-state index contributed by atoms with van der Waals surface area (Å²) in [5.41, 5.74) is 0. The van der Waals surface area contributed by atoms with Crippen molar-refractivity contribution in [2.45, 2.75) is 13.0 Å². The summed E-state index contributed by atoms with van der Waals surface area (Å²) in [7, 11) is 1.40. The number of nitrogens with one attached hydrogen (secondary N) is 1. The Morgan fingerprint density at radius 1 is 1.64 bits per heavy atom. The number of aliphatic hydroxyl groups excluding tert-OH is 1. The highest BCUT2D eigenvalue weighted by atomic mass is 16.3. The number of nitriles is 1. The number of hydrogen-bond acceptors (Lipinski definition) is 4. The molecule has 0 aromatic heterocycles. The van der Waals surface area contributed by atoms with Gasteiger partial charge in [0.25, 0.3) is 0 Å². The third-order valence-corrected chi connectivity index (χ3v) is 1.41. The van der Waals surface area contributed by atoms with E-state index >= 15 is 0 Å². The number of hydrogen-bond donors (Lipinski definition) is 2. The van der Waals surface area contributed by atoms with E-state index in [-0.39, 0.29) is 13.1 Å². The van der Waals surface area contributed by atoms with Crippen LogP contribution in [-0.4, -0.2) is 48.1 Å². The van der Waals surface area contributed by atoms with Gasteiger partial charge < -0.3 is 15.3 Å². The Bertz CT molecular complexity index is 257. The van der Waals surface area contributed by atoms with E-state index < -0.39 is 17.9 Å². The van der Waals surface area contributed by atoms with Gasteiger partial charge in [-0.15, -0.1) is 0 Å². The van der Waals surface area contributed by atoms with Gasteiger partial charge in [-0.3, -0.25) is 9.59 Å². The molecule has 78 valence electrons. The molecular formula is C8H13N3O3. The van der Waals surface area contributed by atoms with Gasteiger partial charge in [-0.05, 0) is 6.92 Å². The SMILES string of the molecule is CC(O)CN(C)C(=O)C(=O)NCC#N. The molecule has 0 saturated carbocycles. The van der Waals surface area contributed by atoms with Crippen LogP contribution in [0.25, 0.3) is 0 Å². The van der Waals surface area contributed by atoms with Gasteiger partial charge in [0.05, 0.1) is 12.2 Å². The lowest BCUT2D eigenvalue weighted by atomic mass is 10.3. The minimum atomic E-state index is -0.838. The zero-order valence-corrected chi connectivity index (χ0v) is 8.15. The third-order valence-electron chi connectivity index (χ3n) is 1.41. The van der Waals surface area contributed by atoms with Crippen LogP contribution in [0, 0.1) is 11.3 Å². The lowest BCUT2D eigenvalue weighted by Crippen LogP contribution is -2.43. The molecule has 1 unspecified atom stereocenters. The van der Waals surface area contributed by atoms with Gasteiger partial charge in [-0.2, -0.15) is 5.26 Å². The number of carbonyl (C=O) groups excluding carboxylic acids is 2. The van der Waals surface area contributed by atoms with Gasteiger partial charge in [0.15, 0.2) is 0 Å². The average Bonchev–Trinajstić information content (AvgIpc) is 2.11. The van der Waals surface area contributed by atoms with Crippen molar-refractivity contribution in [1.29, 1.82) is 5.26 Å². The highest BCUT2D eigenvalue weighted by molar-refractivity contribution is 6.34. The Balaban J connectivity index is 4.05. The quantitative estimate of drug-likeness (QED) is 0.425.